The van der Waals surface area contributed by atoms with Crippen LogP contribution in [0.1, 0.15) is 25.3 Å². The van der Waals surface area contributed by atoms with Crippen LogP contribution < -0.4 is 10.2 Å². The minimum atomic E-state index is 0.680. The lowest BCUT2D eigenvalue weighted by Crippen LogP contribution is -2.21. The first kappa shape index (κ1) is 11.8. The molecule has 0 amide bonds. The summed E-state index contributed by atoms with van der Waals surface area (Å²) in [7, 11) is 3.91. The molecule has 15 heavy (non-hydrogen) atoms. The van der Waals surface area contributed by atoms with Gasteiger partial charge in [0.1, 0.15) is 5.82 Å². The van der Waals surface area contributed by atoms with Gasteiger partial charge in [0.2, 0.25) is 5.95 Å². The van der Waals surface area contributed by atoms with E-state index in [9.17, 15) is 0 Å². The highest BCUT2D eigenvalue weighted by atomic mass is 15.2. The van der Waals surface area contributed by atoms with Crippen LogP contribution in [0.15, 0.2) is 6.20 Å². The number of aromatic nitrogens is 2. The number of hydrogen-bond donors (Lipinski definition) is 1. The molecule has 4 heteroatoms. The third-order valence-corrected chi connectivity index (χ3v) is 2.38. The number of hydrogen-bond acceptors (Lipinski definition) is 4. The number of unbranched alkanes of at least 4 members (excludes halogenated alkanes) is 1. The van der Waals surface area contributed by atoms with Crippen molar-refractivity contribution < 1.29 is 0 Å². The first-order valence-electron chi connectivity index (χ1n) is 5.41. The smallest absolute Gasteiger partial charge is 0.224 e. The molecule has 0 saturated heterocycles. The van der Waals surface area contributed by atoms with Crippen LogP contribution in [-0.4, -0.2) is 30.6 Å². The van der Waals surface area contributed by atoms with Crippen molar-refractivity contribution in [3.8, 4) is 0 Å². The number of rotatable bonds is 5. The van der Waals surface area contributed by atoms with Gasteiger partial charge in [-0.1, -0.05) is 13.3 Å². The molecule has 0 aliphatic heterocycles. The molecule has 0 fully saturated rings. The second-order valence-corrected chi connectivity index (χ2v) is 3.73. The summed E-state index contributed by atoms with van der Waals surface area (Å²) in [4.78, 5) is 10.8. The minimum absolute atomic E-state index is 0.680. The van der Waals surface area contributed by atoms with Crippen molar-refractivity contribution in [1.29, 1.82) is 0 Å². The molecule has 1 rings (SSSR count). The quantitative estimate of drug-likeness (QED) is 0.804. The molecule has 1 heterocycles. The van der Waals surface area contributed by atoms with E-state index in [0.29, 0.717) is 5.95 Å². The van der Waals surface area contributed by atoms with Gasteiger partial charge in [0.15, 0.2) is 0 Å². The van der Waals surface area contributed by atoms with Crippen molar-refractivity contribution in [2.45, 2.75) is 26.7 Å². The van der Waals surface area contributed by atoms with E-state index in [0.717, 1.165) is 17.9 Å². The molecule has 0 aromatic carbocycles. The Kier molecular flexibility index (Phi) is 4.34. The maximum absolute atomic E-state index is 4.45. The Balaban J connectivity index is 2.81. The van der Waals surface area contributed by atoms with Crippen molar-refractivity contribution >= 4 is 11.8 Å². The van der Waals surface area contributed by atoms with Gasteiger partial charge in [-0.25, -0.2) is 4.98 Å². The summed E-state index contributed by atoms with van der Waals surface area (Å²) in [6, 6.07) is 0. The zero-order valence-corrected chi connectivity index (χ0v) is 10.0. The Bertz CT molecular complexity index is 311. The zero-order chi connectivity index (χ0) is 11.3. The molecular formula is C11H20N4. The Morgan fingerprint density at radius 1 is 1.47 bits per heavy atom. The van der Waals surface area contributed by atoms with Gasteiger partial charge in [0.05, 0.1) is 0 Å². The predicted octanol–water partition coefficient (Wildman–Crippen LogP) is 2.06. The fourth-order valence-electron chi connectivity index (χ4n) is 1.44. The van der Waals surface area contributed by atoms with Crippen LogP contribution in [0.5, 0.6) is 0 Å². The Morgan fingerprint density at radius 2 is 2.20 bits per heavy atom. The fourth-order valence-corrected chi connectivity index (χ4v) is 1.44. The predicted molar refractivity (Wildman–Crippen MR) is 64.5 cm³/mol. The zero-order valence-electron chi connectivity index (χ0n) is 10.0. The number of anilines is 2. The molecule has 0 saturated carbocycles. The molecule has 4 nitrogen and oxygen atoms in total. The van der Waals surface area contributed by atoms with E-state index in [1.54, 1.807) is 0 Å². The maximum atomic E-state index is 4.45. The lowest BCUT2D eigenvalue weighted by molar-refractivity contribution is 0.756. The van der Waals surface area contributed by atoms with Gasteiger partial charge in [0.25, 0.3) is 0 Å². The van der Waals surface area contributed by atoms with Crippen molar-refractivity contribution in [1.82, 2.24) is 9.97 Å². The van der Waals surface area contributed by atoms with Crippen LogP contribution in [-0.2, 0) is 0 Å². The lowest BCUT2D eigenvalue weighted by atomic mass is 10.3. The van der Waals surface area contributed by atoms with E-state index >= 15 is 0 Å². The molecule has 0 spiro atoms. The van der Waals surface area contributed by atoms with Crippen LogP contribution >= 0.6 is 0 Å². The highest BCUT2D eigenvalue weighted by Gasteiger charge is 2.07. The Labute approximate surface area is 91.7 Å². The number of nitrogens with one attached hydrogen (secondary N) is 1. The van der Waals surface area contributed by atoms with Crippen LogP contribution in [0.4, 0.5) is 11.8 Å². The van der Waals surface area contributed by atoms with Crippen LogP contribution in [0.3, 0.4) is 0 Å². The summed E-state index contributed by atoms with van der Waals surface area (Å²) in [6.07, 6.45) is 4.25. The third-order valence-electron chi connectivity index (χ3n) is 2.38. The molecule has 0 bridgehead atoms. The fraction of sp³-hybridized carbons (Fsp3) is 0.636. The van der Waals surface area contributed by atoms with E-state index in [2.05, 4.69) is 34.2 Å². The van der Waals surface area contributed by atoms with E-state index < -0.39 is 0 Å². The summed E-state index contributed by atoms with van der Waals surface area (Å²) >= 11 is 0. The second-order valence-electron chi connectivity index (χ2n) is 3.73. The van der Waals surface area contributed by atoms with Gasteiger partial charge >= 0.3 is 0 Å². The SMILES string of the molecule is CCCCN(C)c1nc(NC)ncc1C. The summed E-state index contributed by atoms with van der Waals surface area (Å²) in [5.74, 6) is 1.70. The number of aryl methyl sites for hydroxylation is 1. The molecule has 84 valence electrons. The van der Waals surface area contributed by atoms with E-state index in [-0.39, 0.29) is 0 Å². The number of nitrogens with zero attached hydrogens (tertiary/aromatic N) is 3. The summed E-state index contributed by atoms with van der Waals surface area (Å²) in [5, 5.41) is 2.96. The molecule has 0 aliphatic carbocycles. The first-order chi connectivity index (χ1) is 7.19. The lowest BCUT2D eigenvalue weighted by Gasteiger charge is -2.19. The highest BCUT2D eigenvalue weighted by molar-refractivity contribution is 5.48. The summed E-state index contributed by atoms with van der Waals surface area (Å²) in [6.45, 7) is 5.27. The van der Waals surface area contributed by atoms with E-state index in [4.69, 9.17) is 0 Å². The second kappa shape index (κ2) is 5.53. The van der Waals surface area contributed by atoms with Gasteiger partial charge in [-0.2, -0.15) is 4.98 Å². The van der Waals surface area contributed by atoms with Gasteiger partial charge in [-0.05, 0) is 13.3 Å². The average Bonchev–Trinajstić information content (AvgIpc) is 2.26. The van der Waals surface area contributed by atoms with Crippen molar-refractivity contribution in [3.63, 3.8) is 0 Å². The molecule has 0 unspecified atom stereocenters. The normalized spacial score (nSPS) is 10.1. The summed E-state index contributed by atoms with van der Waals surface area (Å²) in [5.41, 5.74) is 1.12. The monoisotopic (exact) mass is 208 g/mol. The summed E-state index contributed by atoms with van der Waals surface area (Å²) < 4.78 is 0. The van der Waals surface area contributed by atoms with Gasteiger partial charge in [-0.15, -0.1) is 0 Å². The van der Waals surface area contributed by atoms with Crippen LogP contribution in [0, 0.1) is 6.92 Å². The molecule has 0 atom stereocenters. The van der Waals surface area contributed by atoms with Crippen molar-refractivity contribution in [2.75, 3.05) is 30.9 Å². The van der Waals surface area contributed by atoms with Gasteiger partial charge in [-0.3, -0.25) is 0 Å². The molecular weight excluding hydrogens is 188 g/mol. The Morgan fingerprint density at radius 3 is 2.80 bits per heavy atom. The Hall–Kier alpha value is -1.32. The van der Waals surface area contributed by atoms with E-state index in [1.165, 1.54) is 12.8 Å². The van der Waals surface area contributed by atoms with Gasteiger partial charge < -0.3 is 10.2 Å². The molecule has 0 radical (unpaired) electrons. The van der Waals surface area contributed by atoms with Crippen molar-refractivity contribution in [2.24, 2.45) is 0 Å². The molecule has 0 aliphatic rings. The average molecular weight is 208 g/mol. The molecule has 1 aromatic heterocycles. The van der Waals surface area contributed by atoms with Crippen LogP contribution in [0.2, 0.25) is 0 Å². The van der Waals surface area contributed by atoms with Crippen LogP contribution in [0.25, 0.3) is 0 Å². The molecule has 1 aromatic rings. The van der Waals surface area contributed by atoms with E-state index in [1.807, 2.05) is 20.2 Å². The molecule has 1 N–H and O–H groups in total. The maximum Gasteiger partial charge on any atom is 0.224 e. The van der Waals surface area contributed by atoms with Crippen molar-refractivity contribution in [3.05, 3.63) is 11.8 Å². The third kappa shape index (κ3) is 3.08. The standard InChI is InChI=1S/C11H20N4/c1-5-6-7-15(4)10-9(2)8-13-11(12-3)14-10/h8H,5-7H2,1-4H3,(H,12,13,14). The highest BCUT2D eigenvalue weighted by Crippen LogP contribution is 2.16. The minimum Gasteiger partial charge on any atom is -0.359 e. The van der Waals surface area contributed by atoms with Gasteiger partial charge in [0, 0.05) is 32.4 Å². The first-order valence-corrected chi connectivity index (χ1v) is 5.41. The largest absolute Gasteiger partial charge is 0.359 e. The topological polar surface area (TPSA) is 41.1 Å².